The number of hydrogen-bond acceptors (Lipinski definition) is 0. The van der Waals surface area contributed by atoms with Gasteiger partial charge < -0.3 is 0 Å². The number of alkyl halides is 1. The summed E-state index contributed by atoms with van der Waals surface area (Å²) in [6, 6.07) is 0. The first-order valence-electron chi connectivity index (χ1n) is 8.70. The molecule has 0 heterocycles. The van der Waals surface area contributed by atoms with E-state index in [-0.39, 0.29) is 0 Å². The Bertz CT molecular complexity index is 246. The third-order valence-corrected chi connectivity index (χ3v) is 5.13. The summed E-state index contributed by atoms with van der Waals surface area (Å²) in [6.45, 7) is 14.8. The molecule has 0 fully saturated rings. The van der Waals surface area contributed by atoms with Crippen LogP contribution in [0.4, 0.5) is 4.39 Å². The molecule has 3 unspecified atom stereocenters. The highest BCUT2D eigenvalue weighted by Gasteiger charge is 2.27. The molecule has 3 atom stereocenters. The average molecular weight is 285 g/mol. The zero-order chi connectivity index (χ0) is 15.6. The van der Waals surface area contributed by atoms with Gasteiger partial charge in [-0.05, 0) is 56.3 Å². The lowest BCUT2D eigenvalue weighted by molar-refractivity contribution is 0.113. The first kappa shape index (κ1) is 19.7. The topological polar surface area (TPSA) is 0 Å². The summed E-state index contributed by atoms with van der Waals surface area (Å²) in [4.78, 5) is 0. The molecule has 0 radical (unpaired) electrons. The summed E-state index contributed by atoms with van der Waals surface area (Å²) in [6.07, 6.45) is 9.69. The van der Waals surface area contributed by atoms with Gasteiger partial charge in [0.2, 0.25) is 0 Å². The van der Waals surface area contributed by atoms with Crippen LogP contribution in [0.25, 0.3) is 0 Å². The van der Waals surface area contributed by atoms with Gasteiger partial charge >= 0.3 is 0 Å². The molecular formula is C19H37F. The first-order chi connectivity index (χ1) is 9.38. The first-order valence-corrected chi connectivity index (χ1v) is 8.70. The number of allylic oxidation sites excluding steroid dienone is 1. The lowest BCUT2D eigenvalue weighted by atomic mass is 9.84. The highest BCUT2D eigenvalue weighted by molar-refractivity contribution is 4.81. The molecule has 0 aromatic heterocycles. The van der Waals surface area contributed by atoms with Crippen molar-refractivity contribution in [2.45, 2.75) is 91.7 Å². The Morgan fingerprint density at radius 1 is 1.05 bits per heavy atom. The third-order valence-electron chi connectivity index (χ3n) is 5.13. The van der Waals surface area contributed by atoms with Crippen LogP contribution in [0.3, 0.4) is 0 Å². The summed E-state index contributed by atoms with van der Waals surface area (Å²) < 4.78 is 14.8. The van der Waals surface area contributed by atoms with E-state index in [1.807, 2.05) is 13.0 Å². The maximum absolute atomic E-state index is 14.8. The molecule has 0 amide bonds. The molecule has 0 rings (SSSR count). The number of unbranched alkanes of at least 4 members (excludes halogenated alkanes) is 1. The molecule has 0 saturated carbocycles. The van der Waals surface area contributed by atoms with Crippen molar-refractivity contribution >= 4 is 0 Å². The van der Waals surface area contributed by atoms with E-state index in [1.165, 1.54) is 6.42 Å². The van der Waals surface area contributed by atoms with Gasteiger partial charge in [0.05, 0.1) is 0 Å². The van der Waals surface area contributed by atoms with Crippen molar-refractivity contribution < 1.29 is 4.39 Å². The van der Waals surface area contributed by atoms with Gasteiger partial charge in [-0.3, -0.25) is 0 Å². The second-order valence-corrected chi connectivity index (χ2v) is 6.91. The standard InChI is InChI=1S/C19H37F/c1-7-18(8-2)12-10-11-14-19(20,9-3)15-13-17(6)16(4)5/h7,16-18H,1,8-15H2,2-6H3. The second-order valence-electron chi connectivity index (χ2n) is 6.91. The molecule has 0 spiro atoms. The minimum Gasteiger partial charge on any atom is -0.244 e. The Balaban J connectivity index is 4.02. The van der Waals surface area contributed by atoms with Crippen LogP contribution in [0.15, 0.2) is 12.7 Å². The molecule has 0 saturated heterocycles. The van der Waals surface area contributed by atoms with Crippen molar-refractivity contribution in [1.29, 1.82) is 0 Å². The number of halogens is 1. The van der Waals surface area contributed by atoms with Crippen molar-refractivity contribution in [2.75, 3.05) is 0 Å². The predicted octanol–water partition coefficient (Wildman–Crippen LogP) is 6.95. The average Bonchev–Trinajstić information content (AvgIpc) is 2.44. The normalized spacial score (nSPS) is 17.8. The fraction of sp³-hybridized carbons (Fsp3) is 0.895. The summed E-state index contributed by atoms with van der Waals surface area (Å²) in [5.74, 6) is 1.91. The fourth-order valence-corrected chi connectivity index (χ4v) is 2.64. The van der Waals surface area contributed by atoms with E-state index in [9.17, 15) is 4.39 Å². The van der Waals surface area contributed by atoms with Gasteiger partial charge in [0, 0.05) is 0 Å². The van der Waals surface area contributed by atoms with E-state index in [0.717, 1.165) is 38.5 Å². The number of rotatable bonds is 12. The van der Waals surface area contributed by atoms with E-state index >= 15 is 0 Å². The Labute approximate surface area is 127 Å². The van der Waals surface area contributed by atoms with Crippen LogP contribution in [0.2, 0.25) is 0 Å². The lowest BCUT2D eigenvalue weighted by Gasteiger charge is -2.26. The van der Waals surface area contributed by atoms with Gasteiger partial charge in [-0.25, -0.2) is 4.39 Å². The SMILES string of the molecule is C=CC(CC)CCCCC(F)(CC)CCC(C)C(C)C. The van der Waals surface area contributed by atoms with E-state index in [1.54, 1.807) is 0 Å². The van der Waals surface area contributed by atoms with Crippen LogP contribution in [-0.2, 0) is 0 Å². The predicted molar refractivity (Wildman–Crippen MR) is 89.8 cm³/mol. The van der Waals surface area contributed by atoms with E-state index in [4.69, 9.17) is 0 Å². The van der Waals surface area contributed by atoms with Crippen molar-refractivity contribution in [3.05, 3.63) is 12.7 Å². The molecule has 0 bridgehead atoms. The van der Waals surface area contributed by atoms with Crippen molar-refractivity contribution in [1.82, 2.24) is 0 Å². The summed E-state index contributed by atoms with van der Waals surface area (Å²) in [7, 11) is 0. The van der Waals surface area contributed by atoms with Crippen molar-refractivity contribution in [3.8, 4) is 0 Å². The Kier molecular flexibility index (Phi) is 10.2. The second kappa shape index (κ2) is 10.4. The maximum atomic E-state index is 14.8. The van der Waals surface area contributed by atoms with E-state index in [0.29, 0.717) is 24.2 Å². The molecule has 120 valence electrons. The van der Waals surface area contributed by atoms with Crippen LogP contribution in [0.1, 0.15) is 86.0 Å². The molecule has 0 aromatic rings. The Hall–Kier alpha value is -0.330. The van der Waals surface area contributed by atoms with Gasteiger partial charge in [0.1, 0.15) is 5.67 Å². The number of hydrogen-bond donors (Lipinski definition) is 0. The van der Waals surface area contributed by atoms with E-state index < -0.39 is 5.67 Å². The minimum absolute atomic E-state index is 0.617. The molecule has 0 aliphatic rings. The molecule has 1 heteroatoms. The zero-order valence-corrected chi connectivity index (χ0v) is 14.6. The summed E-state index contributed by atoms with van der Waals surface area (Å²) in [5.41, 5.74) is -0.932. The maximum Gasteiger partial charge on any atom is 0.110 e. The smallest absolute Gasteiger partial charge is 0.110 e. The van der Waals surface area contributed by atoms with Gasteiger partial charge in [0.15, 0.2) is 0 Å². The molecular weight excluding hydrogens is 247 g/mol. The molecule has 0 aromatic carbocycles. The Morgan fingerprint density at radius 3 is 2.15 bits per heavy atom. The summed E-state index contributed by atoms with van der Waals surface area (Å²) in [5, 5.41) is 0. The van der Waals surface area contributed by atoms with Crippen LogP contribution < -0.4 is 0 Å². The third kappa shape index (κ3) is 8.07. The van der Waals surface area contributed by atoms with Crippen molar-refractivity contribution in [2.24, 2.45) is 17.8 Å². The molecule has 20 heavy (non-hydrogen) atoms. The van der Waals surface area contributed by atoms with E-state index in [2.05, 4.69) is 34.3 Å². The van der Waals surface area contributed by atoms with Gasteiger partial charge in [0.25, 0.3) is 0 Å². The van der Waals surface area contributed by atoms with Gasteiger partial charge in [-0.2, -0.15) is 0 Å². The summed E-state index contributed by atoms with van der Waals surface area (Å²) >= 11 is 0. The zero-order valence-electron chi connectivity index (χ0n) is 14.6. The van der Waals surface area contributed by atoms with Crippen LogP contribution in [0.5, 0.6) is 0 Å². The van der Waals surface area contributed by atoms with Crippen LogP contribution >= 0.6 is 0 Å². The Morgan fingerprint density at radius 2 is 1.70 bits per heavy atom. The molecule has 0 aliphatic heterocycles. The lowest BCUT2D eigenvalue weighted by Crippen LogP contribution is -2.23. The van der Waals surface area contributed by atoms with Gasteiger partial charge in [-0.15, -0.1) is 6.58 Å². The monoisotopic (exact) mass is 284 g/mol. The quantitative estimate of drug-likeness (QED) is 0.269. The largest absolute Gasteiger partial charge is 0.244 e. The molecule has 0 N–H and O–H groups in total. The van der Waals surface area contributed by atoms with Crippen LogP contribution in [0, 0.1) is 17.8 Å². The fourth-order valence-electron chi connectivity index (χ4n) is 2.64. The minimum atomic E-state index is -0.932. The highest BCUT2D eigenvalue weighted by Crippen LogP contribution is 2.32. The van der Waals surface area contributed by atoms with Gasteiger partial charge in [-0.1, -0.05) is 53.5 Å². The molecule has 0 aliphatic carbocycles. The molecule has 0 nitrogen and oxygen atoms in total. The van der Waals surface area contributed by atoms with Crippen LogP contribution in [-0.4, -0.2) is 5.67 Å². The highest BCUT2D eigenvalue weighted by atomic mass is 19.1. The van der Waals surface area contributed by atoms with Crippen molar-refractivity contribution in [3.63, 3.8) is 0 Å².